The Morgan fingerprint density at radius 3 is 2.50 bits per heavy atom. The molecule has 1 N–H and O–H groups in total. The van der Waals surface area contributed by atoms with Gasteiger partial charge in [-0.25, -0.2) is 0 Å². The average molecular weight is 252 g/mol. The molecule has 1 heterocycles. The molecular formula is C16H32N2. The van der Waals surface area contributed by atoms with Gasteiger partial charge in [0.05, 0.1) is 0 Å². The normalized spacial score (nSPS) is 43.3. The molecule has 2 fully saturated rings. The van der Waals surface area contributed by atoms with E-state index in [4.69, 9.17) is 0 Å². The van der Waals surface area contributed by atoms with Crippen molar-refractivity contribution in [1.82, 2.24) is 10.2 Å². The van der Waals surface area contributed by atoms with Crippen LogP contribution in [0.3, 0.4) is 0 Å². The lowest BCUT2D eigenvalue weighted by molar-refractivity contribution is 0.00411. The molecule has 0 aromatic rings. The van der Waals surface area contributed by atoms with E-state index in [1.807, 2.05) is 0 Å². The molecule has 1 aliphatic carbocycles. The number of nitrogens with one attached hydrogen (secondary N) is 1. The predicted molar refractivity (Wildman–Crippen MR) is 78.8 cm³/mol. The quantitative estimate of drug-likeness (QED) is 0.812. The summed E-state index contributed by atoms with van der Waals surface area (Å²) in [5.74, 6) is 2.53. The van der Waals surface area contributed by atoms with E-state index >= 15 is 0 Å². The minimum atomic E-state index is 0.657. The molecule has 1 aliphatic heterocycles. The lowest BCUT2D eigenvalue weighted by Crippen LogP contribution is -2.62. The van der Waals surface area contributed by atoms with Crippen LogP contribution in [-0.2, 0) is 0 Å². The summed E-state index contributed by atoms with van der Waals surface area (Å²) in [7, 11) is 0. The van der Waals surface area contributed by atoms with Gasteiger partial charge in [-0.2, -0.15) is 0 Å². The molecule has 0 bridgehead atoms. The van der Waals surface area contributed by atoms with E-state index in [9.17, 15) is 0 Å². The first kappa shape index (κ1) is 14.3. The molecule has 2 nitrogen and oxygen atoms in total. The minimum Gasteiger partial charge on any atom is -0.311 e. The Bertz CT molecular complexity index is 264. The maximum atomic E-state index is 3.67. The maximum Gasteiger partial charge on any atom is 0.0247 e. The topological polar surface area (TPSA) is 15.3 Å². The average Bonchev–Trinajstić information content (AvgIpc) is 2.32. The van der Waals surface area contributed by atoms with Crippen LogP contribution in [0.1, 0.15) is 53.9 Å². The standard InChI is InChI=1S/C16H32N2/c1-11(2)16-9-17-13(4)10-18(16)15-8-6-7-12(3)14(15)5/h11-17H,6-10H2,1-5H3. The Labute approximate surface area is 114 Å². The fraction of sp³-hybridized carbons (Fsp3) is 1.00. The first-order chi connectivity index (χ1) is 8.50. The summed E-state index contributed by atoms with van der Waals surface area (Å²) in [4.78, 5) is 2.85. The van der Waals surface area contributed by atoms with Gasteiger partial charge in [0.15, 0.2) is 0 Å². The van der Waals surface area contributed by atoms with Crippen molar-refractivity contribution in [2.75, 3.05) is 13.1 Å². The summed E-state index contributed by atoms with van der Waals surface area (Å²) in [6, 6.07) is 2.22. The van der Waals surface area contributed by atoms with Gasteiger partial charge in [0, 0.05) is 31.2 Å². The lowest BCUT2D eigenvalue weighted by atomic mass is 9.76. The van der Waals surface area contributed by atoms with E-state index < -0.39 is 0 Å². The highest BCUT2D eigenvalue weighted by Gasteiger charge is 2.38. The summed E-state index contributed by atoms with van der Waals surface area (Å²) in [5.41, 5.74) is 0. The zero-order chi connectivity index (χ0) is 13.3. The zero-order valence-corrected chi connectivity index (χ0v) is 12.9. The third-order valence-electron chi connectivity index (χ3n) is 5.45. The Hall–Kier alpha value is -0.0800. The van der Waals surface area contributed by atoms with E-state index in [0.717, 1.165) is 29.8 Å². The van der Waals surface area contributed by atoms with Crippen molar-refractivity contribution in [3.63, 3.8) is 0 Å². The molecule has 0 radical (unpaired) electrons. The summed E-state index contributed by atoms with van der Waals surface area (Å²) in [6.07, 6.45) is 4.28. The molecule has 2 aliphatic rings. The SMILES string of the molecule is CC1CN(C2CCCC(C)C2C)C(C(C)C)CN1. The number of rotatable bonds is 2. The van der Waals surface area contributed by atoms with E-state index in [1.54, 1.807) is 0 Å². The Kier molecular flexibility index (Phi) is 4.71. The third-order valence-corrected chi connectivity index (χ3v) is 5.45. The van der Waals surface area contributed by atoms with Crippen molar-refractivity contribution in [3.05, 3.63) is 0 Å². The van der Waals surface area contributed by atoms with E-state index in [2.05, 4.69) is 44.8 Å². The smallest absolute Gasteiger partial charge is 0.0247 e. The van der Waals surface area contributed by atoms with Crippen LogP contribution in [0.25, 0.3) is 0 Å². The highest BCUT2D eigenvalue weighted by atomic mass is 15.3. The van der Waals surface area contributed by atoms with E-state index in [0.29, 0.717) is 6.04 Å². The van der Waals surface area contributed by atoms with E-state index in [1.165, 1.54) is 32.4 Å². The molecule has 0 amide bonds. The predicted octanol–water partition coefficient (Wildman–Crippen LogP) is 3.13. The molecule has 2 rings (SSSR count). The first-order valence-electron chi connectivity index (χ1n) is 7.99. The van der Waals surface area contributed by atoms with Gasteiger partial charge in [-0.1, -0.05) is 40.5 Å². The second kappa shape index (κ2) is 5.92. The van der Waals surface area contributed by atoms with E-state index in [-0.39, 0.29) is 0 Å². The molecule has 1 saturated carbocycles. The number of hydrogen-bond donors (Lipinski definition) is 1. The fourth-order valence-electron chi connectivity index (χ4n) is 3.98. The van der Waals surface area contributed by atoms with Crippen LogP contribution < -0.4 is 5.32 Å². The Morgan fingerprint density at radius 1 is 1.11 bits per heavy atom. The summed E-state index contributed by atoms with van der Waals surface area (Å²) in [6.45, 7) is 14.4. The number of hydrogen-bond acceptors (Lipinski definition) is 2. The summed E-state index contributed by atoms with van der Waals surface area (Å²) in [5, 5.41) is 3.67. The fourth-order valence-corrected chi connectivity index (χ4v) is 3.98. The minimum absolute atomic E-state index is 0.657. The largest absolute Gasteiger partial charge is 0.311 e. The summed E-state index contributed by atoms with van der Waals surface area (Å²) >= 11 is 0. The summed E-state index contributed by atoms with van der Waals surface area (Å²) < 4.78 is 0. The molecule has 2 heteroatoms. The van der Waals surface area contributed by atoms with Gasteiger partial charge in [-0.15, -0.1) is 0 Å². The van der Waals surface area contributed by atoms with Crippen LogP contribution in [0, 0.1) is 17.8 Å². The second-order valence-corrected chi connectivity index (χ2v) is 7.15. The van der Waals surface area contributed by atoms with Crippen molar-refractivity contribution in [2.45, 2.75) is 72.0 Å². The molecule has 5 atom stereocenters. The van der Waals surface area contributed by atoms with Gasteiger partial charge in [-0.05, 0) is 31.1 Å². The number of nitrogens with zero attached hydrogens (tertiary/aromatic N) is 1. The van der Waals surface area contributed by atoms with Crippen LogP contribution in [0.5, 0.6) is 0 Å². The molecular weight excluding hydrogens is 220 g/mol. The second-order valence-electron chi connectivity index (χ2n) is 7.15. The van der Waals surface area contributed by atoms with Crippen molar-refractivity contribution in [1.29, 1.82) is 0 Å². The third kappa shape index (κ3) is 2.91. The maximum absolute atomic E-state index is 3.67. The van der Waals surface area contributed by atoms with Crippen LogP contribution in [0.15, 0.2) is 0 Å². The molecule has 5 unspecified atom stereocenters. The van der Waals surface area contributed by atoms with Crippen molar-refractivity contribution < 1.29 is 0 Å². The van der Waals surface area contributed by atoms with Crippen molar-refractivity contribution in [3.8, 4) is 0 Å². The monoisotopic (exact) mass is 252 g/mol. The van der Waals surface area contributed by atoms with Gasteiger partial charge >= 0.3 is 0 Å². The molecule has 18 heavy (non-hydrogen) atoms. The molecule has 0 aromatic carbocycles. The van der Waals surface area contributed by atoms with Crippen molar-refractivity contribution in [2.24, 2.45) is 17.8 Å². The van der Waals surface area contributed by atoms with Crippen LogP contribution in [-0.4, -0.2) is 36.1 Å². The lowest BCUT2D eigenvalue weighted by Gasteiger charge is -2.50. The highest BCUT2D eigenvalue weighted by molar-refractivity contribution is 4.94. The molecule has 0 aromatic heterocycles. The van der Waals surface area contributed by atoms with Gasteiger partial charge in [0.1, 0.15) is 0 Å². The van der Waals surface area contributed by atoms with Crippen molar-refractivity contribution >= 4 is 0 Å². The Morgan fingerprint density at radius 2 is 1.83 bits per heavy atom. The highest BCUT2D eigenvalue weighted by Crippen LogP contribution is 2.35. The van der Waals surface area contributed by atoms with Gasteiger partial charge in [0.2, 0.25) is 0 Å². The molecule has 106 valence electrons. The van der Waals surface area contributed by atoms with Crippen LogP contribution in [0.2, 0.25) is 0 Å². The molecule has 1 saturated heterocycles. The van der Waals surface area contributed by atoms with Crippen LogP contribution in [0.4, 0.5) is 0 Å². The van der Waals surface area contributed by atoms with Gasteiger partial charge in [0.25, 0.3) is 0 Å². The Balaban J connectivity index is 2.11. The zero-order valence-electron chi connectivity index (χ0n) is 12.9. The number of piperazine rings is 1. The van der Waals surface area contributed by atoms with Gasteiger partial charge < -0.3 is 5.32 Å². The van der Waals surface area contributed by atoms with Crippen LogP contribution >= 0.6 is 0 Å². The van der Waals surface area contributed by atoms with Gasteiger partial charge in [-0.3, -0.25) is 4.90 Å². The molecule has 0 spiro atoms. The first-order valence-corrected chi connectivity index (χ1v) is 7.99.